The lowest BCUT2D eigenvalue weighted by Crippen LogP contribution is -2.42. The molecule has 0 fully saturated rings. The maximum Gasteiger partial charge on any atom is 0.258 e. The third-order valence-corrected chi connectivity index (χ3v) is 4.31. The number of nitrogens with zero attached hydrogens (tertiary/aromatic N) is 2. The second kappa shape index (κ2) is 7.61. The van der Waals surface area contributed by atoms with Gasteiger partial charge in [0.2, 0.25) is 5.88 Å². The van der Waals surface area contributed by atoms with Crippen LogP contribution in [0.4, 0.5) is 10.1 Å². The summed E-state index contributed by atoms with van der Waals surface area (Å²) in [5.74, 6) is -0.0376. The minimum Gasteiger partial charge on any atom is -0.475 e. The summed E-state index contributed by atoms with van der Waals surface area (Å²) in [4.78, 5) is 18.9. The number of carbonyl (C=O) groups is 1. The van der Waals surface area contributed by atoms with Crippen molar-refractivity contribution < 1.29 is 18.7 Å². The van der Waals surface area contributed by atoms with E-state index in [0.717, 1.165) is 24.1 Å². The number of benzene rings is 1. The van der Waals surface area contributed by atoms with Crippen LogP contribution in [-0.2, 0) is 11.2 Å². The van der Waals surface area contributed by atoms with Crippen LogP contribution in [-0.4, -0.2) is 37.3 Å². The van der Waals surface area contributed by atoms with Crippen LogP contribution in [0.2, 0.25) is 0 Å². The monoisotopic (exact) mass is 344 g/mol. The topological polar surface area (TPSA) is 51.7 Å². The maximum atomic E-state index is 13.5. The summed E-state index contributed by atoms with van der Waals surface area (Å²) < 4.78 is 23.9. The Morgan fingerprint density at radius 2 is 2.16 bits per heavy atom. The number of ether oxygens (including phenoxy) is 2. The predicted molar refractivity (Wildman–Crippen MR) is 92.6 cm³/mol. The Bertz CT molecular complexity index is 766. The summed E-state index contributed by atoms with van der Waals surface area (Å²) in [6.45, 7) is 2.81. The molecule has 1 atom stereocenters. The van der Waals surface area contributed by atoms with E-state index in [2.05, 4.69) is 4.98 Å². The Balaban J connectivity index is 1.87. The number of hydrogen-bond acceptors (Lipinski definition) is 4. The smallest absolute Gasteiger partial charge is 0.258 e. The first-order valence-electron chi connectivity index (χ1n) is 8.30. The molecule has 132 valence electrons. The molecular formula is C19H21FN2O3. The lowest BCUT2D eigenvalue weighted by atomic mass is 9.95. The van der Waals surface area contributed by atoms with Crippen molar-refractivity contribution in [3.8, 4) is 5.88 Å². The van der Waals surface area contributed by atoms with Gasteiger partial charge < -0.3 is 14.4 Å². The van der Waals surface area contributed by atoms with Gasteiger partial charge in [-0.25, -0.2) is 9.37 Å². The third kappa shape index (κ3) is 3.79. The van der Waals surface area contributed by atoms with Gasteiger partial charge in [0.15, 0.2) is 0 Å². The third-order valence-electron chi connectivity index (χ3n) is 4.31. The zero-order valence-electron chi connectivity index (χ0n) is 14.4. The summed E-state index contributed by atoms with van der Waals surface area (Å²) in [7, 11) is 1.59. The normalized spacial score (nSPS) is 16.4. The van der Waals surface area contributed by atoms with Crippen molar-refractivity contribution in [2.75, 3.05) is 25.2 Å². The molecule has 6 heteroatoms. The number of halogens is 1. The highest BCUT2D eigenvalue weighted by Gasteiger charge is 2.29. The molecule has 25 heavy (non-hydrogen) atoms. The molecule has 2 heterocycles. The van der Waals surface area contributed by atoms with Gasteiger partial charge in [-0.3, -0.25) is 4.79 Å². The van der Waals surface area contributed by atoms with E-state index in [-0.39, 0.29) is 17.8 Å². The molecule has 0 unspecified atom stereocenters. The summed E-state index contributed by atoms with van der Waals surface area (Å²) in [5.41, 5.74) is 2.12. The Morgan fingerprint density at radius 3 is 2.96 bits per heavy atom. The maximum absolute atomic E-state index is 13.5. The number of carbonyl (C=O) groups excluding carboxylic acids is 1. The Kier molecular flexibility index (Phi) is 5.28. The molecule has 1 aliphatic rings. The molecule has 0 aliphatic carbocycles. The number of methoxy groups -OCH3 is 1. The first-order valence-corrected chi connectivity index (χ1v) is 8.30. The molecule has 1 aliphatic heterocycles. The molecule has 1 amide bonds. The number of anilines is 1. The van der Waals surface area contributed by atoms with Crippen molar-refractivity contribution in [2.24, 2.45) is 0 Å². The van der Waals surface area contributed by atoms with Crippen LogP contribution in [0.1, 0.15) is 29.3 Å². The molecule has 0 saturated heterocycles. The number of aromatic nitrogens is 1. The van der Waals surface area contributed by atoms with Gasteiger partial charge in [0, 0.05) is 36.7 Å². The standard InChI is InChI=1S/C19H21FN2O3/c1-13-3-4-14-11-16(20)5-6-17(14)22(13)19(23)15-7-8-21-18(12-15)25-10-9-24-2/h5-8,11-13H,3-4,9-10H2,1-2H3/t13-/m1/s1. The minimum absolute atomic E-state index is 0.0384. The zero-order valence-corrected chi connectivity index (χ0v) is 14.4. The summed E-state index contributed by atoms with van der Waals surface area (Å²) in [6, 6.07) is 7.90. The zero-order chi connectivity index (χ0) is 17.8. The first kappa shape index (κ1) is 17.4. The molecule has 0 radical (unpaired) electrons. The summed E-state index contributed by atoms with van der Waals surface area (Å²) in [5, 5.41) is 0. The average molecular weight is 344 g/mol. The van der Waals surface area contributed by atoms with Crippen LogP contribution >= 0.6 is 0 Å². The average Bonchev–Trinajstić information content (AvgIpc) is 2.62. The van der Waals surface area contributed by atoms with Gasteiger partial charge in [-0.15, -0.1) is 0 Å². The molecule has 0 spiro atoms. The Hall–Kier alpha value is -2.47. The van der Waals surface area contributed by atoms with Gasteiger partial charge in [0.05, 0.1) is 6.61 Å². The molecule has 1 aromatic carbocycles. The van der Waals surface area contributed by atoms with E-state index in [1.165, 1.54) is 12.1 Å². The second-order valence-electron chi connectivity index (χ2n) is 6.06. The predicted octanol–water partition coefficient (Wildman–Crippen LogP) is 3.23. The van der Waals surface area contributed by atoms with Crippen molar-refractivity contribution in [2.45, 2.75) is 25.8 Å². The van der Waals surface area contributed by atoms with Gasteiger partial charge in [0.25, 0.3) is 5.91 Å². The van der Waals surface area contributed by atoms with Crippen molar-refractivity contribution >= 4 is 11.6 Å². The van der Waals surface area contributed by atoms with E-state index < -0.39 is 0 Å². The van der Waals surface area contributed by atoms with Crippen LogP contribution in [0, 0.1) is 5.82 Å². The van der Waals surface area contributed by atoms with Gasteiger partial charge in [-0.05, 0) is 49.6 Å². The second-order valence-corrected chi connectivity index (χ2v) is 6.06. The fourth-order valence-corrected chi connectivity index (χ4v) is 3.02. The van der Waals surface area contributed by atoms with E-state index in [1.807, 2.05) is 6.92 Å². The van der Waals surface area contributed by atoms with E-state index in [1.54, 1.807) is 36.4 Å². The molecule has 0 bridgehead atoms. The highest BCUT2D eigenvalue weighted by molar-refractivity contribution is 6.07. The number of aryl methyl sites for hydroxylation is 1. The fraction of sp³-hybridized carbons (Fsp3) is 0.368. The number of fused-ring (bicyclic) bond motifs is 1. The van der Waals surface area contributed by atoms with Crippen molar-refractivity contribution in [1.29, 1.82) is 0 Å². The molecule has 1 aromatic heterocycles. The van der Waals surface area contributed by atoms with Crippen LogP contribution in [0.25, 0.3) is 0 Å². The fourth-order valence-electron chi connectivity index (χ4n) is 3.02. The highest BCUT2D eigenvalue weighted by Crippen LogP contribution is 2.32. The largest absolute Gasteiger partial charge is 0.475 e. The van der Waals surface area contributed by atoms with Crippen LogP contribution < -0.4 is 9.64 Å². The van der Waals surface area contributed by atoms with Crippen molar-refractivity contribution in [3.63, 3.8) is 0 Å². The molecular weight excluding hydrogens is 323 g/mol. The lowest BCUT2D eigenvalue weighted by Gasteiger charge is -2.35. The lowest BCUT2D eigenvalue weighted by molar-refractivity contribution is 0.0974. The van der Waals surface area contributed by atoms with Crippen LogP contribution in [0.15, 0.2) is 36.5 Å². The SMILES string of the molecule is COCCOc1cc(C(=O)N2c3ccc(F)cc3CC[C@H]2C)ccn1. The molecule has 0 N–H and O–H groups in total. The van der Waals surface area contributed by atoms with E-state index >= 15 is 0 Å². The van der Waals surface area contributed by atoms with Crippen molar-refractivity contribution in [1.82, 2.24) is 4.98 Å². The molecule has 0 saturated carbocycles. The number of rotatable bonds is 5. The number of pyridine rings is 1. The Labute approximate surface area is 146 Å². The minimum atomic E-state index is -0.279. The first-order chi connectivity index (χ1) is 12.1. The van der Waals surface area contributed by atoms with Crippen LogP contribution in [0.3, 0.4) is 0 Å². The van der Waals surface area contributed by atoms with Gasteiger partial charge in [-0.1, -0.05) is 0 Å². The quantitative estimate of drug-likeness (QED) is 0.782. The molecule has 3 rings (SSSR count). The van der Waals surface area contributed by atoms with E-state index in [9.17, 15) is 9.18 Å². The van der Waals surface area contributed by atoms with Gasteiger partial charge in [-0.2, -0.15) is 0 Å². The van der Waals surface area contributed by atoms with Gasteiger partial charge >= 0.3 is 0 Å². The summed E-state index contributed by atoms with van der Waals surface area (Å²) in [6.07, 6.45) is 3.11. The number of amides is 1. The van der Waals surface area contributed by atoms with Gasteiger partial charge in [0.1, 0.15) is 12.4 Å². The molecule has 5 nitrogen and oxygen atoms in total. The highest BCUT2D eigenvalue weighted by atomic mass is 19.1. The molecule has 2 aromatic rings. The van der Waals surface area contributed by atoms with Crippen molar-refractivity contribution in [3.05, 3.63) is 53.5 Å². The van der Waals surface area contributed by atoms with Crippen LogP contribution in [0.5, 0.6) is 5.88 Å². The summed E-state index contributed by atoms with van der Waals surface area (Å²) >= 11 is 0. The Morgan fingerprint density at radius 1 is 1.32 bits per heavy atom. The number of hydrogen-bond donors (Lipinski definition) is 0. The van der Waals surface area contributed by atoms with E-state index in [4.69, 9.17) is 9.47 Å². The van der Waals surface area contributed by atoms with E-state index in [0.29, 0.717) is 24.7 Å².